The summed E-state index contributed by atoms with van der Waals surface area (Å²) in [6, 6.07) is 7.53. The highest BCUT2D eigenvalue weighted by molar-refractivity contribution is 5.18. The summed E-state index contributed by atoms with van der Waals surface area (Å²) >= 11 is 0. The predicted octanol–water partition coefficient (Wildman–Crippen LogP) is 3.78. The highest BCUT2D eigenvalue weighted by Gasteiger charge is 2.30. The summed E-state index contributed by atoms with van der Waals surface area (Å²) in [4.78, 5) is 0. The zero-order valence-electron chi connectivity index (χ0n) is 11.5. The van der Waals surface area contributed by atoms with E-state index in [0.717, 1.165) is 30.4 Å². The van der Waals surface area contributed by atoms with Crippen LogP contribution in [0.2, 0.25) is 0 Å². The fourth-order valence-corrected chi connectivity index (χ4v) is 3.33. The van der Waals surface area contributed by atoms with Crippen LogP contribution in [0, 0.1) is 17.7 Å². The average Bonchev–Trinajstić information content (AvgIpc) is 2.75. The second kappa shape index (κ2) is 6.33. The van der Waals surface area contributed by atoms with Gasteiger partial charge in [-0.3, -0.25) is 0 Å². The Kier molecular flexibility index (Phi) is 4.76. The zero-order chi connectivity index (χ0) is 13.0. The molecule has 0 amide bonds. The third-order valence-electron chi connectivity index (χ3n) is 4.26. The van der Waals surface area contributed by atoms with Gasteiger partial charge in [-0.05, 0) is 48.9 Å². The molecular weight excluding hydrogens is 225 g/mol. The van der Waals surface area contributed by atoms with Crippen LogP contribution >= 0.6 is 0 Å². The van der Waals surface area contributed by atoms with Crippen LogP contribution in [0.4, 0.5) is 4.39 Å². The van der Waals surface area contributed by atoms with Crippen LogP contribution in [0.1, 0.15) is 38.7 Å². The van der Waals surface area contributed by atoms with Crippen LogP contribution < -0.4 is 5.32 Å². The van der Waals surface area contributed by atoms with E-state index in [1.807, 2.05) is 12.1 Å². The number of benzene rings is 1. The molecule has 2 heteroatoms. The minimum absolute atomic E-state index is 0.123. The van der Waals surface area contributed by atoms with Crippen LogP contribution in [0.5, 0.6) is 0 Å². The minimum Gasteiger partial charge on any atom is -0.314 e. The summed E-state index contributed by atoms with van der Waals surface area (Å²) in [6.07, 6.45) is 4.95. The van der Waals surface area contributed by atoms with Crippen LogP contribution in [-0.4, -0.2) is 12.6 Å². The van der Waals surface area contributed by atoms with Crippen molar-refractivity contribution >= 4 is 0 Å². The molecule has 0 heterocycles. The molecule has 1 aromatic carbocycles. The molecule has 2 rings (SSSR count). The molecule has 100 valence electrons. The van der Waals surface area contributed by atoms with Gasteiger partial charge in [-0.1, -0.05) is 38.8 Å². The first-order chi connectivity index (χ1) is 8.70. The predicted molar refractivity (Wildman–Crippen MR) is 74.1 cm³/mol. The molecule has 1 saturated carbocycles. The Bertz CT molecular complexity index is 377. The Morgan fingerprint density at radius 2 is 2.22 bits per heavy atom. The first-order valence-corrected chi connectivity index (χ1v) is 7.18. The molecule has 0 spiro atoms. The number of rotatable bonds is 5. The van der Waals surface area contributed by atoms with Crippen molar-refractivity contribution in [3.8, 4) is 0 Å². The first-order valence-electron chi connectivity index (χ1n) is 7.18. The molecule has 0 saturated heterocycles. The van der Waals surface area contributed by atoms with Gasteiger partial charge in [0.05, 0.1) is 0 Å². The van der Waals surface area contributed by atoms with E-state index in [0.29, 0.717) is 6.04 Å². The Balaban J connectivity index is 2.06. The van der Waals surface area contributed by atoms with Gasteiger partial charge in [0.15, 0.2) is 0 Å². The molecule has 0 aliphatic heterocycles. The summed E-state index contributed by atoms with van der Waals surface area (Å²) in [5.74, 6) is 1.41. The summed E-state index contributed by atoms with van der Waals surface area (Å²) in [5, 5.41) is 3.60. The monoisotopic (exact) mass is 249 g/mol. The third kappa shape index (κ3) is 3.32. The van der Waals surface area contributed by atoms with E-state index >= 15 is 0 Å². The van der Waals surface area contributed by atoms with Gasteiger partial charge in [0.2, 0.25) is 0 Å². The Morgan fingerprint density at radius 3 is 2.83 bits per heavy atom. The average molecular weight is 249 g/mol. The Labute approximate surface area is 110 Å². The Hall–Kier alpha value is -0.890. The van der Waals surface area contributed by atoms with Crippen LogP contribution in [-0.2, 0) is 6.42 Å². The van der Waals surface area contributed by atoms with Crippen molar-refractivity contribution < 1.29 is 4.39 Å². The molecule has 3 unspecified atom stereocenters. The van der Waals surface area contributed by atoms with Gasteiger partial charge in [0, 0.05) is 6.04 Å². The zero-order valence-corrected chi connectivity index (χ0v) is 11.5. The van der Waals surface area contributed by atoms with Crippen molar-refractivity contribution in [2.24, 2.45) is 11.8 Å². The lowest BCUT2D eigenvalue weighted by Gasteiger charge is -2.28. The third-order valence-corrected chi connectivity index (χ3v) is 4.26. The van der Waals surface area contributed by atoms with E-state index in [-0.39, 0.29) is 5.82 Å². The number of likely N-dealkylation sites (N-methyl/N-ethyl adjacent to an activating group) is 1. The van der Waals surface area contributed by atoms with Crippen LogP contribution in [0.3, 0.4) is 0 Å². The summed E-state index contributed by atoms with van der Waals surface area (Å²) in [7, 11) is 0. The number of nitrogens with one attached hydrogen (secondary N) is 1. The van der Waals surface area contributed by atoms with Gasteiger partial charge in [-0.15, -0.1) is 0 Å². The van der Waals surface area contributed by atoms with Crippen molar-refractivity contribution in [3.05, 3.63) is 35.6 Å². The lowest BCUT2D eigenvalue weighted by molar-refractivity contribution is 0.298. The van der Waals surface area contributed by atoms with E-state index in [4.69, 9.17) is 0 Å². The fourth-order valence-electron chi connectivity index (χ4n) is 3.33. The van der Waals surface area contributed by atoms with E-state index in [9.17, 15) is 4.39 Å². The quantitative estimate of drug-likeness (QED) is 0.837. The normalized spacial score (nSPS) is 25.3. The maximum Gasteiger partial charge on any atom is 0.123 e. The number of hydrogen-bond acceptors (Lipinski definition) is 1. The molecule has 1 nitrogen and oxygen atoms in total. The maximum atomic E-state index is 13.2. The van der Waals surface area contributed by atoms with Gasteiger partial charge in [0.25, 0.3) is 0 Å². The fraction of sp³-hybridized carbons (Fsp3) is 0.625. The minimum atomic E-state index is -0.123. The smallest absolute Gasteiger partial charge is 0.123 e. The highest BCUT2D eigenvalue weighted by Crippen LogP contribution is 2.34. The first kappa shape index (κ1) is 13.5. The summed E-state index contributed by atoms with van der Waals surface area (Å²) < 4.78 is 13.2. The van der Waals surface area contributed by atoms with Crippen molar-refractivity contribution in [1.82, 2.24) is 5.32 Å². The molecule has 18 heavy (non-hydrogen) atoms. The largest absolute Gasteiger partial charge is 0.314 e. The van der Waals surface area contributed by atoms with Crippen molar-refractivity contribution in [2.75, 3.05) is 6.54 Å². The number of halogens is 1. The second-order valence-corrected chi connectivity index (χ2v) is 5.57. The van der Waals surface area contributed by atoms with Crippen molar-refractivity contribution in [2.45, 2.75) is 45.6 Å². The maximum absolute atomic E-state index is 13.2. The summed E-state index contributed by atoms with van der Waals surface area (Å²) in [5.41, 5.74) is 1.11. The Morgan fingerprint density at radius 1 is 1.39 bits per heavy atom. The van der Waals surface area contributed by atoms with Crippen molar-refractivity contribution in [3.63, 3.8) is 0 Å². The molecule has 1 aliphatic carbocycles. The van der Waals surface area contributed by atoms with E-state index in [2.05, 4.69) is 19.2 Å². The molecule has 0 radical (unpaired) electrons. The van der Waals surface area contributed by atoms with Gasteiger partial charge < -0.3 is 5.32 Å². The molecule has 1 N–H and O–H groups in total. The van der Waals surface area contributed by atoms with Gasteiger partial charge in [-0.2, -0.15) is 0 Å². The molecule has 0 bridgehead atoms. The molecule has 1 aliphatic rings. The van der Waals surface area contributed by atoms with Crippen LogP contribution in [0.25, 0.3) is 0 Å². The van der Waals surface area contributed by atoms with Gasteiger partial charge in [-0.25, -0.2) is 4.39 Å². The van der Waals surface area contributed by atoms with Gasteiger partial charge >= 0.3 is 0 Å². The molecule has 1 aromatic rings. The lowest BCUT2D eigenvalue weighted by atomic mass is 9.86. The second-order valence-electron chi connectivity index (χ2n) is 5.57. The topological polar surface area (TPSA) is 12.0 Å². The van der Waals surface area contributed by atoms with E-state index in [1.54, 1.807) is 6.07 Å². The van der Waals surface area contributed by atoms with Gasteiger partial charge in [0.1, 0.15) is 5.82 Å². The molecule has 3 atom stereocenters. The van der Waals surface area contributed by atoms with Crippen LogP contribution in [0.15, 0.2) is 24.3 Å². The lowest BCUT2D eigenvalue weighted by Crippen LogP contribution is -2.39. The molecule has 0 aromatic heterocycles. The number of hydrogen-bond donors (Lipinski definition) is 1. The van der Waals surface area contributed by atoms with E-state index < -0.39 is 0 Å². The van der Waals surface area contributed by atoms with E-state index in [1.165, 1.54) is 25.3 Å². The highest BCUT2D eigenvalue weighted by atomic mass is 19.1. The SMILES string of the molecule is CCNC(Cc1cccc(F)c1)C1CCCC1C. The standard InChI is InChI=1S/C16H24FN/c1-3-18-16(15-9-4-6-12(15)2)11-13-7-5-8-14(17)10-13/h5,7-8,10,12,15-16,18H,3-4,6,9,11H2,1-2H3. The molecule has 1 fully saturated rings. The summed E-state index contributed by atoms with van der Waals surface area (Å²) in [6.45, 7) is 5.50. The van der Waals surface area contributed by atoms with Crippen molar-refractivity contribution in [1.29, 1.82) is 0 Å². The molecular formula is C16H24FN.